The molecule has 116 valence electrons. The van der Waals surface area contributed by atoms with E-state index in [2.05, 4.69) is 10.2 Å². The molecule has 0 spiro atoms. The lowest BCUT2D eigenvalue weighted by molar-refractivity contribution is 0.0898. The summed E-state index contributed by atoms with van der Waals surface area (Å²) >= 11 is 1.52. The molecule has 1 aromatic heterocycles. The summed E-state index contributed by atoms with van der Waals surface area (Å²) in [7, 11) is -2.82. The lowest BCUT2D eigenvalue weighted by Gasteiger charge is -2.35. The molecule has 0 bridgehead atoms. The highest BCUT2D eigenvalue weighted by Crippen LogP contribution is 2.22. The minimum Gasteiger partial charge on any atom is -0.349 e. The molecule has 3 rings (SSSR count). The molecule has 2 fully saturated rings. The van der Waals surface area contributed by atoms with Crippen molar-refractivity contribution in [2.24, 2.45) is 0 Å². The predicted molar refractivity (Wildman–Crippen MR) is 83.4 cm³/mol. The maximum Gasteiger partial charge on any atom is 0.252 e. The summed E-state index contributed by atoms with van der Waals surface area (Å²) in [5, 5.41) is 6.83. The van der Waals surface area contributed by atoms with Crippen molar-refractivity contribution in [3.8, 4) is 0 Å². The Morgan fingerprint density at radius 2 is 2.05 bits per heavy atom. The first-order valence-electron chi connectivity index (χ1n) is 7.31. The second-order valence-corrected chi connectivity index (χ2v) is 8.86. The van der Waals surface area contributed by atoms with Crippen LogP contribution < -0.4 is 5.32 Å². The van der Waals surface area contributed by atoms with Gasteiger partial charge in [0.15, 0.2) is 9.84 Å². The lowest BCUT2D eigenvalue weighted by Crippen LogP contribution is -2.48. The Balaban J connectivity index is 1.48. The molecule has 1 amide bonds. The fraction of sp³-hybridized carbons (Fsp3) is 0.643. The highest BCUT2D eigenvalue weighted by Gasteiger charge is 2.34. The lowest BCUT2D eigenvalue weighted by atomic mass is 10.0. The van der Waals surface area contributed by atoms with Crippen molar-refractivity contribution in [2.75, 3.05) is 24.6 Å². The summed E-state index contributed by atoms with van der Waals surface area (Å²) in [6, 6.07) is 2.22. The van der Waals surface area contributed by atoms with E-state index in [1.807, 2.05) is 16.8 Å². The molecule has 1 atom stereocenters. The molecule has 5 nitrogen and oxygen atoms in total. The predicted octanol–water partition coefficient (Wildman–Crippen LogP) is 1.13. The Morgan fingerprint density at radius 3 is 2.62 bits per heavy atom. The topological polar surface area (TPSA) is 66.5 Å². The van der Waals surface area contributed by atoms with Gasteiger partial charge in [0.25, 0.3) is 5.91 Å². The fourth-order valence-corrected chi connectivity index (χ4v) is 5.53. The second-order valence-electron chi connectivity index (χ2n) is 5.85. The highest BCUT2D eigenvalue weighted by atomic mass is 32.2. The van der Waals surface area contributed by atoms with E-state index in [0.29, 0.717) is 11.5 Å². The molecule has 1 N–H and O–H groups in total. The fourth-order valence-electron chi connectivity index (χ4n) is 3.13. The Bertz CT molecular complexity index is 590. The number of nitrogens with one attached hydrogen (secondary N) is 1. The molecule has 1 aromatic rings. The second kappa shape index (κ2) is 6.06. The van der Waals surface area contributed by atoms with Crippen LogP contribution >= 0.6 is 11.3 Å². The van der Waals surface area contributed by atoms with Crippen molar-refractivity contribution in [1.82, 2.24) is 10.2 Å². The summed E-state index contributed by atoms with van der Waals surface area (Å²) in [4.78, 5) is 14.3. The smallest absolute Gasteiger partial charge is 0.252 e. The largest absolute Gasteiger partial charge is 0.349 e. The van der Waals surface area contributed by atoms with E-state index in [0.717, 1.165) is 37.9 Å². The van der Waals surface area contributed by atoms with Gasteiger partial charge < -0.3 is 5.32 Å². The molecule has 7 heteroatoms. The zero-order chi connectivity index (χ0) is 14.9. The standard InChI is InChI=1S/C14H20N2O3S2/c17-14(11-3-7-20-9-11)15-12-1-5-16(6-2-12)13-4-8-21(18,19)10-13/h3,7,9,12-13H,1-2,4-6,8,10H2,(H,15,17)/t13-/m1/s1. The molecule has 0 saturated carbocycles. The first kappa shape index (κ1) is 15.0. The van der Waals surface area contributed by atoms with Gasteiger partial charge in [-0.3, -0.25) is 9.69 Å². The summed E-state index contributed by atoms with van der Waals surface area (Å²) in [6.45, 7) is 1.74. The summed E-state index contributed by atoms with van der Waals surface area (Å²) < 4.78 is 23.1. The van der Waals surface area contributed by atoms with Gasteiger partial charge in [0.05, 0.1) is 11.5 Å². The Labute approximate surface area is 129 Å². The van der Waals surface area contributed by atoms with Crippen molar-refractivity contribution in [2.45, 2.75) is 31.3 Å². The highest BCUT2D eigenvalue weighted by molar-refractivity contribution is 7.91. The number of amides is 1. The summed E-state index contributed by atoms with van der Waals surface area (Å²) in [5.74, 6) is 0.629. The molecule has 3 heterocycles. The molecule has 2 aliphatic rings. The number of sulfone groups is 1. The van der Waals surface area contributed by atoms with Crippen molar-refractivity contribution in [1.29, 1.82) is 0 Å². The van der Waals surface area contributed by atoms with E-state index in [1.54, 1.807) is 0 Å². The number of piperidine rings is 1. The van der Waals surface area contributed by atoms with Gasteiger partial charge in [-0.05, 0) is 30.7 Å². The number of carbonyl (C=O) groups is 1. The molecule has 2 saturated heterocycles. The minimum atomic E-state index is -2.82. The van der Waals surface area contributed by atoms with Gasteiger partial charge >= 0.3 is 0 Å². The SMILES string of the molecule is O=C(NC1CCN([C@@H]2CCS(=O)(=O)C2)CC1)c1ccsc1. The van der Waals surface area contributed by atoms with Gasteiger partial charge in [0.1, 0.15) is 0 Å². The van der Waals surface area contributed by atoms with E-state index in [4.69, 9.17) is 0 Å². The molecular weight excluding hydrogens is 308 g/mol. The van der Waals surface area contributed by atoms with Crippen LogP contribution in [0.25, 0.3) is 0 Å². The number of thiophene rings is 1. The zero-order valence-corrected chi connectivity index (χ0v) is 13.5. The number of rotatable bonds is 3. The number of hydrogen-bond donors (Lipinski definition) is 1. The maximum absolute atomic E-state index is 12.0. The molecule has 2 aliphatic heterocycles. The van der Waals surface area contributed by atoms with Crippen LogP contribution in [-0.4, -0.2) is 55.9 Å². The summed E-state index contributed by atoms with van der Waals surface area (Å²) in [5.41, 5.74) is 0.726. The number of hydrogen-bond acceptors (Lipinski definition) is 5. The normalized spacial score (nSPS) is 26.8. The average molecular weight is 328 g/mol. The third kappa shape index (κ3) is 3.64. The van der Waals surface area contributed by atoms with Gasteiger partial charge in [0.2, 0.25) is 0 Å². The van der Waals surface area contributed by atoms with Crippen molar-refractivity contribution >= 4 is 27.1 Å². The zero-order valence-electron chi connectivity index (χ0n) is 11.8. The van der Waals surface area contributed by atoms with E-state index < -0.39 is 9.84 Å². The molecule has 0 unspecified atom stereocenters. The number of nitrogens with zero attached hydrogens (tertiary/aromatic N) is 1. The monoisotopic (exact) mass is 328 g/mol. The Kier molecular flexibility index (Phi) is 4.33. The van der Waals surface area contributed by atoms with Crippen molar-refractivity contribution in [3.05, 3.63) is 22.4 Å². The Morgan fingerprint density at radius 1 is 1.29 bits per heavy atom. The van der Waals surface area contributed by atoms with Crippen LogP contribution in [0.1, 0.15) is 29.6 Å². The molecule has 0 aromatic carbocycles. The van der Waals surface area contributed by atoms with Gasteiger partial charge in [-0.25, -0.2) is 8.42 Å². The van der Waals surface area contributed by atoms with E-state index >= 15 is 0 Å². The van der Waals surface area contributed by atoms with Crippen LogP contribution in [0, 0.1) is 0 Å². The third-order valence-electron chi connectivity index (χ3n) is 4.37. The van der Waals surface area contributed by atoms with E-state index in [1.165, 1.54) is 11.3 Å². The van der Waals surface area contributed by atoms with Crippen LogP contribution in [0.5, 0.6) is 0 Å². The van der Waals surface area contributed by atoms with E-state index in [-0.39, 0.29) is 18.0 Å². The third-order valence-corrected chi connectivity index (χ3v) is 6.81. The van der Waals surface area contributed by atoms with Crippen molar-refractivity contribution in [3.63, 3.8) is 0 Å². The first-order chi connectivity index (χ1) is 10.0. The van der Waals surface area contributed by atoms with E-state index in [9.17, 15) is 13.2 Å². The Hall–Kier alpha value is -0.920. The van der Waals surface area contributed by atoms with Crippen LogP contribution in [0.15, 0.2) is 16.8 Å². The quantitative estimate of drug-likeness (QED) is 0.903. The van der Waals surface area contributed by atoms with Crippen LogP contribution in [0.4, 0.5) is 0 Å². The molecular formula is C14H20N2O3S2. The summed E-state index contributed by atoms with van der Waals surface area (Å²) in [6.07, 6.45) is 2.55. The van der Waals surface area contributed by atoms with Crippen molar-refractivity contribution < 1.29 is 13.2 Å². The maximum atomic E-state index is 12.0. The van der Waals surface area contributed by atoms with Gasteiger partial charge in [-0.2, -0.15) is 11.3 Å². The number of likely N-dealkylation sites (tertiary alicyclic amines) is 1. The van der Waals surface area contributed by atoms with Gasteiger partial charge in [0, 0.05) is 36.1 Å². The van der Waals surface area contributed by atoms with Gasteiger partial charge in [-0.15, -0.1) is 0 Å². The minimum absolute atomic E-state index is 0.00172. The van der Waals surface area contributed by atoms with Crippen LogP contribution in [-0.2, 0) is 9.84 Å². The molecule has 0 radical (unpaired) electrons. The first-order valence-corrected chi connectivity index (χ1v) is 10.1. The van der Waals surface area contributed by atoms with Gasteiger partial charge in [-0.1, -0.05) is 0 Å². The van der Waals surface area contributed by atoms with Crippen LogP contribution in [0.2, 0.25) is 0 Å². The van der Waals surface area contributed by atoms with Crippen LogP contribution in [0.3, 0.4) is 0 Å². The average Bonchev–Trinajstić information content (AvgIpc) is 3.09. The molecule has 0 aliphatic carbocycles. The molecule has 21 heavy (non-hydrogen) atoms. The number of carbonyl (C=O) groups excluding carboxylic acids is 1.